The van der Waals surface area contributed by atoms with E-state index in [1.807, 2.05) is 0 Å². The van der Waals surface area contributed by atoms with Crippen molar-refractivity contribution < 1.29 is 9.90 Å². The minimum absolute atomic E-state index is 0.00845. The number of halogens is 2. The highest BCUT2D eigenvalue weighted by atomic mass is 35.5. The average Bonchev–Trinajstić information content (AvgIpc) is 2.52. The van der Waals surface area contributed by atoms with E-state index in [1.165, 1.54) is 18.3 Å². The molecule has 0 aliphatic rings. The van der Waals surface area contributed by atoms with Crippen LogP contribution in [-0.4, -0.2) is 11.0 Å². The number of rotatable bonds is 4. The molecule has 2 aromatic carbocycles. The number of aromatic hydroxyl groups is 1. The molecule has 1 amide bonds. The number of nitrogens with zero attached hydrogens (tertiary/aromatic N) is 1. The van der Waals surface area contributed by atoms with Crippen molar-refractivity contribution in [3.8, 4) is 11.8 Å². The largest absolute Gasteiger partial charge is 0.508 e. The standard InChI is InChI=1S/C16H11Cl2N3O2/c17-13-5-2-6-14(15(13)18)20-9-10(8-19)16(23)21-11-3-1-4-12(22)7-11/h1-7,9,20,22H,(H,21,23)/b10-9-. The highest BCUT2D eigenvalue weighted by Gasteiger charge is 2.10. The van der Waals surface area contributed by atoms with Gasteiger partial charge in [-0.05, 0) is 24.3 Å². The fourth-order valence-corrected chi connectivity index (χ4v) is 2.05. The Balaban J connectivity index is 2.14. The van der Waals surface area contributed by atoms with E-state index in [9.17, 15) is 9.90 Å². The average molecular weight is 348 g/mol. The lowest BCUT2D eigenvalue weighted by atomic mass is 10.2. The van der Waals surface area contributed by atoms with Crippen LogP contribution in [0.1, 0.15) is 0 Å². The molecule has 0 unspecified atom stereocenters. The van der Waals surface area contributed by atoms with Gasteiger partial charge in [-0.3, -0.25) is 4.79 Å². The van der Waals surface area contributed by atoms with Gasteiger partial charge in [0.1, 0.15) is 17.4 Å². The molecule has 0 aliphatic heterocycles. The maximum absolute atomic E-state index is 12.0. The number of carbonyl (C=O) groups excluding carboxylic acids is 1. The molecule has 5 nitrogen and oxygen atoms in total. The summed E-state index contributed by atoms with van der Waals surface area (Å²) in [4.78, 5) is 12.0. The molecule has 0 spiro atoms. The summed E-state index contributed by atoms with van der Waals surface area (Å²) in [5.74, 6) is -0.613. The number of anilines is 2. The van der Waals surface area contributed by atoms with Gasteiger partial charge in [0.25, 0.3) is 5.91 Å². The van der Waals surface area contributed by atoms with Crippen molar-refractivity contribution in [3.05, 3.63) is 64.3 Å². The third kappa shape index (κ3) is 4.39. The van der Waals surface area contributed by atoms with Crippen molar-refractivity contribution in [3.63, 3.8) is 0 Å². The minimum atomic E-state index is -0.622. The number of hydrogen-bond donors (Lipinski definition) is 3. The van der Waals surface area contributed by atoms with Gasteiger partial charge in [-0.1, -0.05) is 35.3 Å². The van der Waals surface area contributed by atoms with Crippen molar-refractivity contribution in [1.29, 1.82) is 5.26 Å². The molecule has 116 valence electrons. The van der Waals surface area contributed by atoms with Gasteiger partial charge < -0.3 is 15.7 Å². The zero-order valence-corrected chi connectivity index (χ0v) is 13.2. The van der Waals surface area contributed by atoms with Crippen molar-refractivity contribution >= 4 is 40.5 Å². The second kappa shape index (κ2) is 7.54. The smallest absolute Gasteiger partial charge is 0.267 e. The Morgan fingerprint density at radius 2 is 1.96 bits per heavy atom. The van der Waals surface area contributed by atoms with E-state index in [2.05, 4.69) is 10.6 Å². The van der Waals surface area contributed by atoms with Crippen LogP contribution in [-0.2, 0) is 4.79 Å². The van der Waals surface area contributed by atoms with Crippen LogP contribution in [0.5, 0.6) is 5.75 Å². The molecule has 0 saturated carbocycles. The number of amides is 1. The van der Waals surface area contributed by atoms with E-state index < -0.39 is 5.91 Å². The van der Waals surface area contributed by atoms with Crippen molar-refractivity contribution in [2.75, 3.05) is 10.6 Å². The molecule has 7 heteroatoms. The fourth-order valence-electron chi connectivity index (χ4n) is 1.70. The van der Waals surface area contributed by atoms with Gasteiger partial charge in [0.05, 0.1) is 15.7 Å². The lowest BCUT2D eigenvalue weighted by Crippen LogP contribution is -2.14. The van der Waals surface area contributed by atoms with E-state index >= 15 is 0 Å². The topological polar surface area (TPSA) is 85.2 Å². The van der Waals surface area contributed by atoms with E-state index in [0.29, 0.717) is 16.4 Å². The fraction of sp³-hybridized carbons (Fsp3) is 0. The molecule has 0 radical (unpaired) electrons. The lowest BCUT2D eigenvalue weighted by molar-refractivity contribution is -0.112. The first kappa shape index (κ1) is 16.7. The van der Waals surface area contributed by atoms with Crippen LogP contribution in [0.4, 0.5) is 11.4 Å². The molecule has 2 aromatic rings. The number of carbonyl (C=O) groups is 1. The van der Waals surface area contributed by atoms with Crippen LogP contribution >= 0.6 is 23.2 Å². The summed E-state index contributed by atoms with van der Waals surface area (Å²) in [6, 6.07) is 12.8. The summed E-state index contributed by atoms with van der Waals surface area (Å²) in [5, 5.41) is 24.4. The minimum Gasteiger partial charge on any atom is -0.508 e. The van der Waals surface area contributed by atoms with Crippen molar-refractivity contribution in [2.45, 2.75) is 0 Å². The molecule has 23 heavy (non-hydrogen) atoms. The highest BCUT2D eigenvalue weighted by Crippen LogP contribution is 2.29. The Labute approximate surface area is 142 Å². The zero-order valence-electron chi connectivity index (χ0n) is 11.7. The number of phenolic OH excluding ortho intramolecular Hbond substituents is 1. The number of benzene rings is 2. The molecule has 0 aliphatic carbocycles. The SMILES string of the molecule is N#C/C(=C/Nc1cccc(Cl)c1Cl)C(=O)Nc1cccc(O)c1. The second-order valence-corrected chi connectivity index (χ2v) is 5.21. The Morgan fingerprint density at radius 3 is 2.65 bits per heavy atom. The third-order valence-corrected chi connectivity index (χ3v) is 3.61. The first-order valence-corrected chi connectivity index (χ1v) is 7.18. The normalized spacial score (nSPS) is 10.7. The number of hydrogen-bond acceptors (Lipinski definition) is 4. The molecule has 0 heterocycles. The van der Waals surface area contributed by atoms with Crippen molar-refractivity contribution in [2.24, 2.45) is 0 Å². The summed E-state index contributed by atoms with van der Waals surface area (Å²) in [5.41, 5.74) is 0.679. The van der Waals surface area contributed by atoms with E-state index in [1.54, 1.807) is 36.4 Å². The molecule has 2 rings (SSSR count). The van der Waals surface area contributed by atoms with Crippen LogP contribution in [0.2, 0.25) is 10.0 Å². The summed E-state index contributed by atoms with van der Waals surface area (Å²) in [6.07, 6.45) is 1.23. The maximum atomic E-state index is 12.0. The summed E-state index contributed by atoms with van der Waals surface area (Å²) < 4.78 is 0. The molecule has 0 bridgehead atoms. The molecular formula is C16H11Cl2N3O2. The Morgan fingerprint density at radius 1 is 1.22 bits per heavy atom. The second-order valence-electron chi connectivity index (χ2n) is 4.42. The summed E-state index contributed by atoms with van der Waals surface area (Å²) in [6.45, 7) is 0. The first-order chi connectivity index (χ1) is 11.0. The van der Waals surface area contributed by atoms with Gasteiger partial charge in [0.15, 0.2) is 0 Å². The lowest BCUT2D eigenvalue weighted by Gasteiger charge is -2.07. The van der Waals surface area contributed by atoms with Gasteiger partial charge in [-0.2, -0.15) is 5.26 Å². The van der Waals surface area contributed by atoms with Crippen LogP contribution in [0, 0.1) is 11.3 Å². The molecular weight excluding hydrogens is 337 g/mol. The first-order valence-electron chi connectivity index (χ1n) is 6.42. The molecule has 0 saturated heterocycles. The Kier molecular flexibility index (Phi) is 5.47. The van der Waals surface area contributed by atoms with E-state index in [0.717, 1.165) is 0 Å². The van der Waals surface area contributed by atoms with Crippen LogP contribution in [0.25, 0.3) is 0 Å². The Bertz CT molecular complexity index is 813. The van der Waals surface area contributed by atoms with Gasteiger partial charge in [-0.25, -0.2) is 0 Å². The maximum Gasteiger partial charge on any atom is 0.267 e. The molecule has 0 aromatic heterocycles. The van der Waals surface area contributed by atoms with Gasteiger partial charge in [0.2, 0.25) is 0 Å². The molecule has 3 N–H and O–H groups in total. The predicted octanol–water partition coefficient (Wildman–Crippen LogP) is 4.16. The van der Waals surface area contributed by atoms with Crippen LogP contribution in [0.15, 0.2) is 54.2 Å². The quantitative estimate of drug-likeness (QED) is 0.572. The van der Waals surface area contributed by atoms with Crippen LogP contribution in [0.3, 0.4) is 0 Å². The third-order valence-electron chi connectivity index (χ3n) is 2.79. The van der Waals surface area contributed by atoms with Gasteiger partial charge >= 0.3 is 0 Å². The monoisotopic (exact) mass is 347 g/mol. The predicted molar refractivity (Wildman–Crippen MR) is 90.5 cm³/mol. The van der Waals surface area contributed by atoms with E-state index in [4.69, 9.17) is 28.5 Å². The summed E-state index contributed by atoms with van der Waals surface area (Å²) in [7, 11) is 0. The van der Waals surface area contributed by atoms with Crippen LogP contribution < -0.4 is 10.6 Å². The number of nitrogens with one attached hydrogen (secondary N) is 2. The van der Waals surface area contributed by atoms with E-state index in [-0.39, 0.29) is 16.3 Å². The highest BCUT2D eigenvalue weighted by molar-refractivity contribution is 6.43. The molecule has 0 fully saturated rings. The zero-order chi connectivity index (χ0) is 16.8. The number of phenols is 1. The number of nitriles is 1. The Hall–Kier alpha value is -2.68. The van der Waals surface area contributed by atoms with Gasteiger partial charge in [0, 0.05) is 18.0 Å². The van der Waals surface area contributed by atoms with Gasteiger partial charge in [-0.15, -0.1) is 0 Å². The molecule has 0 atom stereocenters. The summed E-state index contributed by atoms with van der Waals surface area (Å²) >= 11 is 11.9. The van der Waals surface area contributed by atoms with Crippen molar-refractivity contribution in [1.82, 2.24) is 0 Å².